The van der Waals surface area contributed by atoms with Crippen LogP contribution in [0.4, 0.5) is 0 Å². The minimum atomic E-state index is 0.437. The van der Waals surface area contributed by atoms with Crippen LogP contribution < -0.4 is 10.1 Å². The zero-order valence-corrected chi connectivity index (χ0v) is 12.8. The van der Waals surface area contributed by atoms with Gasteiger partial charge < -0.3 is 14.8 Å². The Balaban J connectivity index is 2.77. The maximum Gasteiger partial charge on any atom is 0.142 e. The van der Waals surface area contributed by atoms with Crippen LogP contribution in [0.3, 0.4) is 0 Å². The van der Waals surface area contributed by atoms with Gasteiger partial charge in [-0.05, 0) is 24.6 Å². The van der Waals surface area contributed by atoms with Gasteiger partial charge in [0.25, 0.3) is 0 Å². The summed E-state index contributed by atoms with van der Waals surface area (Å²) in [5, 5.41) is 4.35. The summed E-state index contributed by atoms with van der Waals surface area (Å²) in [5.74, 6) is 0.652. The van der Waals surface area contributed by atoms with Crippen LogP contribution >= 0.6 is 23.2 Å². The lowest BCUT2D eigenvalue weighted by molar-refractivity contribution is 0.199. The summed E-state index contributed by atoms with van der Waals surface area (Å²) < 4.78 is 10.7. The van der Waals surface area contributed by atoms with E-state index in [1.165, 1.54) is 0 Å². The Morgan fingerprint density at radius 1 is 1.37 bits per heavy atom. The van der Waals surface area contributed by atoms with E-state index in [4.69, 9.17) is 32.7 Å². The van der Waals surface area contributed by atoms with Gasteiger partial charge in [-0.15, -0.1) is 0 Å². The van der Waals surface area contributed by atoms with Gasteiger partial charge in [0.05, 0.1) is 11.6 Å². The van der Waals surface area contributed by atoms with E-state index in [0.717, 1.165) is 17.7 Å². The van der Waals surface area contributed by atoms with Crippen LogP contribution in [0.5, 0.6) is 5.75 Å². The predicted octanol–water partition coefficient (Wildman–Crippen LogP) is 3.68. The van der Waals surface area contributed by atoms with E-state index in [9.17, 15) is 0 Å². The fourth-order valence-electron chi connectivity index (χ4n) is 1.50. The first kappa shape index (κ1) is 16.3. The molecular weight excluding hydrogens is 285 g/mol. The topological polar surface area (TPSA) is 30.5 Å². The molecule has 0 unspecified atom stereocenters. The molecule has 0 aliphatic rings. The minimum Gasteiger partial charge on any atom is -0.487 e. The van der Waals surface area contributed by atoms with Gasteiger partial charge in [0, 0.05) is 30.8 Å². The lowest BCUT2D eigenvalue weighted by Crippen LogP contribution is -2.19. The van der Waals surface area contributed by atoms with E-state index in [-0.39, 0.29) is 0 Å². The number of ether oxygens (including phenoxy) is 2. The van der Waals surface area contributed by atoms with Crippen molar-refractivity contribution in [3.05, 3.63) is 39.9 Å². The summed E-state index contributed by atoms with van der Waals surface area (Å²) in [6.07, 6.45) is 0. The second-order valence-corrected chi connectivity index (χ2v) is 5.13. The number of nitrogens with one attached hydrogen (secondary N) is 1. The highest BCUT2D eigenvalue weighted by Gasteiger charge is 2.10. The molecule has 0 fully saturated rings. The van der Waals surface area contributed by atoms with Gasteiger partial charge in [-0.2, -0.15) is 0 Å². The van der Waals surface area contributed by atoms with Crippen LogP contribution in [0, 0.1) is 0 Å². The summed E-state index contributed by atoms with van der Waals surface area (Å²) >= 11 is 12.2. The zero-order chi connectivity index (χ0) is 14.3. The van der Waals surface area contributed by atoms with Gasteiger partial charge in [0.2, 0.25) is 0 Å². The minimum absolute atomic E-state index is 0.437. The van der Waals surface area contributed by atoms with Crippen molar-refractivity contribution in [2.75, 3.05) is 26.9 Å². The van der Waals surface area contributed by atoms with Crippen LogP contribution in [-0.2, 0) is 11.3 Å². The highest BCUT2D eigenvalue weighted by atomic mass is 35.5. The average Bonchev–Trinajstić information content (AvgIpc) is 2.33. The van der Waals surface area contributed by atoms with E-state index in [1.807, 2.05) is 13.0 Å². The van der Waals surface area contributed by atoms with Gasteiger partial charge in [0.15, 0.2) is 0 Å². The molecule has 1 aromatic carbocycles. The third-order valence-electron chi connectivity index (χ3n) is 2.35. The SMILES string of the molecule is C=C(C)COc1c(Cl)cc(Cl)cc1CNCCOC. The van der Waals surface area contributed by atoms with E-state index in [0.29, 0.717) is 35.6 Å². The summed E-state index contributed by atoms with van der Waals surface area (Å²) in [7, 11) is 1.67. The maximum absolute atomic E-state index is 6.17. The van der Waals surface area contributed by atoms with Gasteiger partial charge in [-0.1, -0.05) is 29.8 Å². The Morgan fingerprint density at radius 3 is 2.74 bits per heavy atom. The lowest BCUT2D eigenvalue weighted by Gasteiger charge is -2.14. The zero-order valence-electron chi connectivity index (χ0n) is 11.3. The smallest absolute Gasteiger partial charge is 0.142 e. The van der Waals surface area contributed by atoms with Crippen molar-refractivity contribution in [2.45, 2.75) is 13.5 Å². The summed E-state index contributed by atoms with van der Waals surface area (Å²) in [5.41, 5.74) is 1.86. The molecule has 3 nitrogen and oxygen atoms in total. The standard InChI is InChI=1S/C14H19Cl2NO2/c1-10(2)9-19-14-11(8-17-4-5-18-3)6-12(15)7-13(14)16/h6-7,17H,1,4-5,8-9H2,2-3H3. The molecule has 0 spiro atoms. The number of benzene rings is 1. The monoisotopic (exact) mass is 303 g/mol. The highest BCUT2D eigenvalue weighted by molar-refractivity contribution is 6.35. The second kappa shape index (κ2) is 8.43. The molecule has 1 rings (SSSR count). The Hall–Kier alpha value is -0.740. The number of hydrogen-bond acceptors (Lipinski definition) is 3. The molecule has 19 heavy (non-hydrogen) atoms. The van der Waals surface area contributed by atoms with Gasteiger partial charge in [0.1, 0.15) is 12.4 Å². The summed E-state index contributed by atoms with van der Waals surface area (Å²) in [6, 6.07) is 3.52. The normalized spacial score (nSPS) is 10.5. The Bertz CT molecular complexity index is 436. The lowest BCUT2D eigenvalue weighted by atomic mass is 10.2. The molecule has 106 valence electrons. The van der Waals surface area contributed by atoms with Crippen LogP contribution in [0.2, 0.25) is 10.0 Å². The van der Waals surface area contributed by atoms with E-state index >= 15 is 0 Å². The van der Waals surface area contributed by atoms with Gasteiger partial charge in [-0.3, -0.25) is 0 Å². The first-order valence-electron chi connectivity index (χ1n) is 5.99. The predicted molar refractivity (Wildman–Crippen MR) is 80.4 cm³/mol. The largest absolute Gasteiger partial charge is 0.487 e. The fourth-order valence-corrected chi connectivity index (χ4v) is 2.09. The number of rotatable bonds is 8. The number of methoxy groups -OCH3 is 1. The molecule has 0 atom stereocenters. The van der Waals surface area contributed by atoms with Crippen LogP contribution in [0.25, 0.3) is 0 Å². The molecule has 0 heterocycles. The van der Waals surface area contributed by atoms with Crippen molar-refractivity contribution in [1.82, 2.24) is 5.32 Å². The molecule has 5 heteroatoms. The molecule has 0 saturated carbocycles. The van der Waals surface area contributed by atoms with Crippen LogP contribution in [-0.4, -0.2) is 26.9 Å². The Morgan fingerprint density at radius 2 is 2.11 bits per heavy atom. The molecule has 0 aliphatic carbocycles. The first-order valence-corrected chi connectivity index (χ1v) is 6.75. The molecule has 0 saturated heterocycles. The van der Waals surface area contributed by atoms with Gasteiger partial charge in [-0.25, -0.2) is 0 Å². The third kappa shape index (κ3) is 5.83. The number of halogens is 2. The molecule has 0 aromatic heterocycles. The molecular formula is C14H19Cl2NO2. The average molecular weight is 304 g/mol. The first-order chi connectivity index (χ1) is 9.04. The quantitative estimate of drug-likeness (QED) is 0.587. The third-order valence-corrected chi connectivity index (χ3v) is 2.85. The highest BCUT2D eigenvalue weighted by Crippen LogP contribution is 2.32. The Kier molecular flexibility index (Phi) is 7.24. The second-order valence-electron chi connectivity index (χ2n) is 4.29. The van der Waals surface area contributed by atoms with Crippen molar-refractivity contribution >= 4 is 23.2 Å². The number of hydrogen-bond donors (Lipinski definition) is 1. The van der Waals surface area contributed by atoms with Crippen molar-refractivity contribution in [3.63, 3.8) is 0 Å². The molecule has 0 radical (unpaired) electrons. The molecule has 0 aliphatic heterocycles. The molecule has 0 amide bonds. The summed E-state index contributed by atoms with van der Waals surface area (Å²) in [4.78, 5) is 0. The molecule has 1 aromatic rings. The summed E-state index contributed by atoms with van der Waals surface area (Å²) in [6.45, 7) is 8.17. The molecule has 0 bridgehead atoms. The van der Waals surface area contributed by atoms with Crippen molar-refractivity contribution in [1.29, 1.82) is 0 Å². The van der Waals surface area contributed by atoms with Crippen LogP contribution in [0.15, 0.2) is 24.3 Å². The molecule has 1 N–H and O–H groups in total. The van der Waals surface area contributed by atoms with E-state index in [2.05, 4.69) is 11.9 Å². The Labute approximate surface area is 124 Å². The fraction of sp³-hybridized carbons (Fsp3) is 0.429. The van der Waals surface area contributed by atoms with Crippen LogP contribution in [0.1, 0.15) is 12.5 Å². The van der Waals surface area contributed by atoms with E-state index < -0.39 is 0 Å². The van der Waals surface area contributed by atoms with Gasteiger partial charge >= 0.3 is 0 Å². The van der Waals surface area contributed by atoms with Crippen molar-refractivity contribution < 1.29 is 9.47 Å². The van der Waals surface area contributed by atoms with Crippen molar-refractivity contribution in [2.24, 2.45) is 0 Å². The maximum atomic E-state index is 6.17. The van der Waals surface area contributed by atoms with E-state index in [1.54, 1.807) is 13.2 Å². The van der Waals surface area contributed by atoms with Crippen molar-refractivity contribution in [3.8, 4) is 5.75 Å².